The van der Waals surface area contributed by atoms with Crippen LogP contribution in [0.3, 0.4) is 0 Å². The summed E-state index contributed by atoms with van der Waals surface area (Å²) in [6, 6.07) is -0.644. The van der Waals surface area contributed by atoms with Gasteiger partial charge in [0.25, 0.3) is 0 Å². The molecule has 0 aromatic rings. The first kappa shape index (κ1) is 40.4. The van der Waals surface area contributed by atoms with Gasteiger partial charge in [0.2, 0.25) is 5.91 Å². The molecule has 2 unspecified atom stereocenters. The molecule has 42 heavy (non-hydrogen) atoms. The van der Waals surface area contributed by atoms with Crippen LogP contribution in [-0.2, 0) is 4.79 Å². The fourth-order valence-corrected chi connectivity index (χ4v) is 5.09. The number of rotatable bonds is 31. The number of hydrogen-bond acceptors (Lipinski definition) is 3. The average molecular weight is 588 g/mol. The van der Waals surface area contributed by atoms with Crippen LogP contribution in [-0.4, -0.2) is 34.9 Å². The zero-order valence-corrected chi connectivity index (χ0v) is 27.8. The van der Waals surface area contributed by atoms with E-state index in [9.17, 15) is 15.0 Å². The third kappa shape index (κ3) is 29.8. The first-order chi connectivity index (χ1) is 20.7. The highest BCUT2D eigenvalue weighted by Gasteiger charge is 2.17. The molecule has 0 bridgehead atoms. The van der Waals surface area contributed by atoms with Crippen molar-refractivity contribution in [2.75, 3.05) is 6.61 Å². The van der Waals surface area contributed by atoms with Gasteiger partial charge in [-0.2, -0.15) is 0 Å². The molecule has 0 spiro atoms. The predicted molar refractivity (Wildman–Crippen MR) is 184 cm³/mol. The highest BCUT2D eigenvalue weighted by molar-refractivity contribution is 5.76. The van der Waals surface area contributed by atoms with E-state index in [4.69, 9.17) is 0 Å². The van der Waals surface area contributed by atoms with Gasteiger partial charge < -0.3 is 15.5 Å². The molecule has 3 N–H and O–H groups in total. The normalized spacial score (nSPS) is 13.7. The van der Waals surface area contributed by atoms with Crippen LogP contribution < -0.4 is 5.32 Å². The van der Waals surface area contributed by atoms with Crippen LogP contribution in [0.2, 0.25) is 0 Å². The van der Waals surface area contributed by atoms with Gasteiger partial charge in [-0.15, -0.1) is 0 Å². The van der Waals surface area contributed by atoms with Gasteiger partial charge in [0.1, 0.15) is 0 Å². The van der Waals surface area contributed by atoms with E-state index in [0.717, 1.165) is 38.5 Å². The number of amides is 1. The molecule has 0 heterocycles. The summed E-state index contributed by atoms with van der Waals surface area (Å²) in [4.78, 5) is 12.3. The Morgan fingerprint density at radius 2 is 1.02 bits per heavy atom. The number of carbonyl (C=O) groups excluding carboxylic acids is 1. The Morgan fingerprint density at radius 3 is 1.52 bits per heavy atom. The molecule has 0 aromatic heterocycles. The quantitative estimate of drug-likeness (QED) is 0.0558. The summed E-state index contributed by atoms with van der Waals surface area (Å²) in [5, 5.41) is 22.7. The van der Waals surface area contributed by atoms with Crippen LogP contribution in [0.4, 0.5) is 0 Å². The minimum Gasteiger partial charge on any atom is -0.394 e. The third-order valence-electron chi connectivity index (χ3n) is 7.86. The lowest BCUT2D eigenvalue weighted by Crippen LogP contribution is -2.45. The first-order valence-corrected chi connectivity index (χ1v) is 17.8. The SMILES string of the molecule is C/C=C/CC/C=C/CC/C=C/C(O)C(CO)NC(=O)CCCCCCCCC/C=C\CCCCCCCCCCCC. The van der Waals surface area contributed by atoms with Crippen LogP contribution in [0.25, 0.3) is 0 Å². The minimum absolute atomic E-state index is 0.0878. The maximum absolute atomic E-state index is 12.3. The van der Waals surface area contributed by atoms with Gasteiger partial charge in [0.15, 0.2) is 0 Å². The molecule has 4 heteroatoms. The summed E-state index contributed by atoms with van der Waals surface area (Å²) in [7, 11) is 0. The minimum atomic E-state index is -0.868. The van der Waals surface area contributed by atoms with Crippen molar-refractivity contribution < 1.29 is 15.0 Å². The van der Waals surface area contributed by atoms with E-state index >= 15 is 0 Å². The van der Waals surface area contributed by atoms with E-state index in [1.807, 2.05) is 13.0 Å². The Morgan fingerprint density at radius 1 is 0.595 bits per heavy atom. The van der Waals surface area contributed by atoms with Crippen molar-refractivity contribution in [2.45, 2.75) is 180 Å². The summed E-state index contributed by atoms with van der Waals surface area (Å²) in [5.74, 6) is -0.0878. The number of carbonyl (C=O) groups is 1. The zero-order chi connectivity index (χ0) is 30.8. The second-order valence-corrected chi connectivity index (χ2v) is 11.9. The van der Waals surface area contributed by atoms with Gasteiger partial charge in [-0.3, -0.25) is 4.79 Å². The maximum atomic E-state index is 12.3. The second-order valence-electron chi connectivity index (χ2n) is 11.9. The van der Waals surface area contributed by atoms with Crippen LogP contribution >= 0.6 is 0 Å². The molecule has 0 rings (SSSR count). The summed E-state index contributed by atoms with van der Waals surface area (Å²) < 4.78 is 0. The molecule has 0 aliphatic heterocycles. The molecule has 0 radical (unpaired) electrons. The van der Waals surface area contributed by atoms with E-state index in [1.54, 1.807) is 6.08 Å². The predicted octanol–water partition coefficient (Wildman–Crippen LogP) is 10.5. The van der Waals surface area contributed by atoms with Crippen molar-refractivity contribution in [3.05, 3.63) is 48.6 Å². The maximum Gasteiger partial charge on any atom is 0.220 e. The summed E-state index contributed by atoms with van der Waals surface area (Å²) in [6.45, 7) is 4.05. The van der Waals surface area contributed by atoms with Crippen molar-refractivity contribution in [3.63, 3.8) is 0 Å². The second kappa shape index (κ2) is 33.8. The first-order valence-electron chi connectivity index (χ1n) is 17.8. The highest BCUT2D eigenvalue weighted by Crippen LogP contribution is 2.13. The molecule has 0 aromatic carbocycles. The molecule has 4 nitrogen and oxygen atoms in total. The summed E-state index contributed by atoms with van der Waals surface area (Å²) in [5.41, 5.74) is 0. The van der Waals surface area contributed by atoms with E-state index in [-0.39, 0.29) is 12.5 Å². The smallest absolute Gasteiger partial charge is 0.220 e. The Labute approximate surface area is 261 Å². The highest BCUT2D eigenvalue weighted by atomic mass is 16.3. The molecule has 0 aliphatic rings. The van der Waals surface area contributed by atoms with Crippen LogP contribution in [0.5, 0.6) is 0 Å². The third-order valence-corrected chi connectivity index (χ3v) is 7.86. The Hall–Kier alpha value is -1.65. The number of aliphatic hydroxyl groups excluding tert-OH is 2. The van der Waals surface area contributed by atoms with Crippen molar-refractivity contribution in [1.82, 2.24) is 5.32 Å². The number of hydrogen-bond donors (Lipinski definition) is 3. The van der Waals surface area contributed by atoms with Gasteiger partial charge in [-0.1, -0.05) is 145 Å². The van der Waals surface area contributed by atoms with Gasteiger partial charge in [0, 0.05) is 6.42 Å². The molecular formula is C38H69NO3. The van der Waals surface area contributed by atoms with Crippen LogP contribution in [0, 0.1) is 0 Å². The van der Waals surface area contributed by atoms with E-state index < -0.39 is 12.1 Å². The van der Waals surface area contributed by atoms with Crippen LogP contribution in [0.15, 0.2) is 48.6 Å². The molecule has 244 valence electrons. The molecule has 0 fully saturated rings. The lowest BCUT2D eigenvalue weighted by atomic mass is 10.1. The van der Waals surface area contributed by atoms with Crippen molar-refractivity contribution >= 4 is 5.91 Å². The molecule has 0 saturated carbocycles. The molecule has 1 amide bonds. The Kier molecular flexibility index (Phi) is 32.5. The van der Waals surface area contributed by atoms with E-state index in [1.165, 1.54) is 109 Å². The lowest BCUT2D eigenvalue weighted by molar-refractivity contribution is -0.123. The van der Waals surface area contributed by atoms with Gasteiger partial charge in [-0.05, 0) is 64.7 Å². The molecule has 2 atom stereocenters. The van der Waals surface area contributed by atoms with Crippen LogP contribution in [0.1, 0.15) is 168 Å². The Balaban J connectivity index is 3.59. The summed E-state index contributed by atoms with van der Waals surface area (Å²) >= 11 is 0. The van der Waals surface area contributed by atoms with Crippen molar-refractivity contribution in [1.29, 1.82) is 0 Å². The average Bonchev–Trinajstić information content (AvgIpc) is 2.99. The lowest BCUT2D eigenvalue weighted by Gasteiger charge is -2.19. The number of allylic oxidation sites excluding steroid dienone is 7. The van der Waals surface area contributed by atoms with Crippen molar-refractivity contribution in [3.8, 4) is 0 Å². The van der Waals surface area contributed by atoms with E-state index in [2.05, 4.69) is 48.7 Å². The van der Waals surface area contributed by atoms with Gasteiger partial charge >= 0.3 is 0 Å². The molecular weight excluding hydrogens is 518 g/mol. The van der Waals surface area contributed by atoms with Gasteiger partial charge in [-0.25, -0.2) is 0 Å². The Bertz CT molecular complexity index is 682. The topological polar surface area (TPSA) is 69.6 Å². The fraction of sp³-hybridized carbons (Fsp3) is 0.763. The number of unbranched alkanes of at least 4 members (excludes halogenated alkanes) is 19. The number of nitrogens with one attached hydrogen (secondary N) is 1. The molecule has 0 saturated heterocycles. The standard InChI is InChI=1S/C38H69NO3/c1-3-5-7-9-11-13-14-15-16-17-18-19-20-21-22-23-24-26-28-30-32-34-38(42)39-36(35-40)37(41)33-31-29-27-25-12-10-8-6-4-2/h4,6,12,19-20,25,31,33,36-37,40-41H,3,5,7-11,13-18,21-24,26-30,32,34-35H2,1-2H3,(H,39,42)/b6-4+,20-19-,25-12+,33-31+. The van der Waals surface area contributed by atoms with E-state index in [0.29, 0.717) is 6.42 Å². The van der Waals surface area contributed by atoms with Gasteiger partial charge in [0.05, 0.1) is 18.8 Å². The monoisotopic (exact) mass is 588 g/mol. The largest absolute Gasteiger partial charge is 0.394 e. The summed E-state index contributed by atoms with van der Waals surface area (Å²) in [6.07, 6.45) is 45.0. The van der Waals surface area contributed by atoms with Crippen molar-refractivity contribution in [2.24, 2.45) is 0 Å². The zero-order valence-electron chi connectivity index (χ0n) is 27.8. The number of aliphatic hydroxyl groups is 2. The molecule has 0 aliphatic carbocycles. The fourth-order valence-electron chi connectivity index (χ4n) is 5.09.